The van der Waals surface area contributed by atoms with Gasteiger partial charge in [0.25, 0.3) is 5.91 Å². The van der Waals surface area contributed by atoms with Crippen molar-refractivity contribution in [1.29, 1.82) is 0 Å². The Morgan fingerprint density at radius 1 is 1.19 bits per heavy atom. The van der Waals surface area contributed by atoms with E-state index in [-0.39, 0.29) is 23.6 Å². The number of fused-ring (bicyclic) bond motifs is 2. The van der Waals surface area contributed by atoms with Gasteiger partial charge < -0.3 is 14.8 Å². The molecule has 1 fully saturated rings. The first-order valence-corrected chi connectivity index (χ1v) is 10.5. The van der Waals surface area contributed by atoms with Gasteiger partial charge in [0, 0.05) is 31.3 Å². The van der Waals surface area contributed by atoms with E-state index in [0.717, 1.165) is 43.5 Å². The summed E-state index contributed by atoms with van der Waals surface area (Å²) in [5.74, 6) is -0.543. The Bertz CT molecular complexity index is 1020. The van der Waals surface area contributed by atoms with E-state index in [1.54, 1.807) is 10.7 Å². The highest BCUT2D eigenvalue weighted by Gasteiger charge is 2.37. The van der Waals surface area contributed by atoms with Crippen molar-refractivity contribution in [3.63, 3.8) is 0 Å². The monoisotopic (exact) mass is 454 g/mol. The molecular formula is C21H22F4N4O3. The van der Waals surface area contributed by atoms with Crippen LogP contribution < -0.4 is 10.1 Å². The minimum atomic E-state index is -4.60. The van der Waals surface area contributed by atoms with Crippen molar-refractivity contribution < 1.29 is 31.8 Å². The predicted molar refractivity (Wildman–Crippen MR) is 104 cm³/mol. The minimum Gasteiger partial charge on any atom is -0.491 e. The second-order valence-corrected chi connectivity index (χ2v) is 8.28. The second kappa shape index (κ2) is 8.04. The maximum Gasteiger partial charge on any atom is 0.416 e. The molecule has 7 nitrogen and oxygen atoms in total. The SMILES string of the molecule is O=C(N[C@H]1COc2ccc(C(F)(F)F)cc2C1F)c1cc2n(n1)CCN(C1CCOC1)C2. The van der Waals surface area contributed by atoms with Crippen molar-refractivity contribution >= 4 is 5.91 Å². The molecule has 4 heterocycles. The van der Waals surface area contributed by atoms with Crippen molar-refractivity contribution in [2.24, 2.45) is 0 Å². The van der Waals surface area contributed by atoms with Crippen LogP contribution in [0.5, 0.6) is 5.75 Å². The van der Waals surface area contributed by atoms with Gasteiger partial charge in [0.2, 0.25) is 0 Å². The number of halogens is 4. The fourth-order valence-corrected chi connectivity index (χ4v) is 4.43. The molecule has 5 rings (SSSR count). The highest BCUT2D eigenvalue weighted by molar-refractivity contribution is 5.92. The Morgan fingerprint density at radius 2 is 2.03 bits per heavy atom. The zero-order valence-electron chi connectivity index (χ0n) is 17.1. The number of alkyl halides is 4. The maximum atomic E-state index is 15.0. The number of rotatable bonds is 3. The lowest BCUT2D eigenvalue weighted by Crippen LogP contribution is -2.44. The van der Waals surface area contributed by atoms with Crippen LogP contribution in [0.2, 0.25) is 0 Å². The summed E-state index contributed by atoms with van der Waals surface area (Å²) in [6, 6.07) is 3.58. The molecule has 0 radical (unpaired) electrons. The first-order valence-electron chi connectivity index (χ1n) is 10.5. The summed E-state index contributed by atoms with van der Waals surface area (Å²) in [7, 11) is 0. The molecule has 1 amide bonds. The quantitative estimate of drug-likeness (QED) is 0.723. The Balaban J connectivity index is 1.28. The summed E-state index contributed by atoms with van der Waals surface area (Å²) in [4.78, 5) is 15.0. The molecule has 3 aliphatic heterocycles. The molecule has 0 aliphatic carbocycles. The number of aromatic nitrogens is 2. The molecule has 1 aromatic carbocycles. The smallest absolute Gasteiger partial charge is 0.416 e. The third-order valence-corrected chi connectivity index (χ3v) is 6.20. The van der Waals surface area contributed by atoms with Crippen LogP contribution in [0, 0.1) is 0 Å². The predicted octanol–water partition coefficient (Wildman–Crippen LogP) is 2.71. The van der Waals surface area contributed by atoms with Gasteiger partial charge in [0.1, 0.15) is 12.4 Å². The third kappa shape index (κ3) is 3.95. The standard InChI is InChI=1S/C21H22F4N4O3/c22-19-15-7-12(21(23,24)25)1-2-18(15)32-11-17(19)26-20(30)16-8-14-9-28(4-5-29(14)27-16)13-3-6-31-10-13/h1-2,7-8,13,17,19H,3-6,9-11H2,(H,26,30)/t13?,17-,19?/m0/s1. The number of hydrogen-bond donors (Lipinski definition) is 1. The number of carbonyl (C=O) groups is 1. The van der Waals surface area contributed by atoms with Gasteiger partial charge in [-0.25, -0.2) is 4.39 Å². The summed E-state index contributed by atoms with van der Waals surface area (Å²) < 4.78 is 66.6. The van der Waals surface area contributed by atoms with E-state index in [2.05, 4.69) is 15.3 Å². The highest BCUT2D eigenvalue weighted by Crippen LogP contribution is 2.39. The lowest BCUT2D eigenvalue weighted by atomic mass is 9.98. The lowest BCUT2D eigenvalue weighted by Gasteiger charge is -2.31. The molecule has 1 aromatic heterocycles. The molecule has 32 heavy (non-hydrogen) atoms. The van der Waals surface area contributed by atoms with Crippen LogP contribution in [0.15, 0.2) is 24.3 Å². The second-order valence-electron chi connectivity index (χ2n) is 8.28. The molecule has 2 unspecified atom stereocenters. The third-order valence-electron chi connectivity index (χ3n) is 6.20. The summed E-state index contributed by atoms with van der Waals surface area (Å²) in [5, 5.41) is 6.86. The molecular weight excluding hydrogens is 432 g/mol. The van der Waals surface area contributed by atoms with Gasteiger partial charge in [0.05, 0.1) is 30.5 Å². The van der Waals surface area contributed by atoms with Crippen molar-refractivity contribution in [1.82, 2.24) is 20.0 Å². The number of nitrogens with one attached hydrogen (secondary N) is 1. The van der Waals surface area contributed by atoms with E-state index < -0.39 is 29.9 Å². The average molecular weight is 454 g/mol. The van der Waals surface area contributed by atoms with E-state index in [9.17, 15) is 18.0 Å². The average Bonchev–Trinajstić information content (AvgIpc) is 3.44. The van der Waals surface area contributed by atoms with Crippen LogP contribution in [0.1, 0.15) is 39.9 Å². The van der Waals surface area contributed by atoms with Gasteiger partial charge in [-0.3, -0.25) is 14.4 Å². The molecule has 1 N–H and O–H groups in total. The highest BCUT2D eigenvalue weighted by atomic mass is 19.4. The van der Waals surface area contributed by atoms with Gasteiger partial charge >= 0.3 is 6.18 Å². The van der Waals surface area contributed by atoms with E-state index in [0.29, 0.717) is 25.7 Å². The van der Waals surface area contributed by atoms with E-state index in [1.165, 1.54) is 0 Å². The maximum absolute atomic E-state index is 15.0. The van der Waals surface area contributed by atoms with Crippen molar-refractivity contribution in [2.75, 3.05) is 26.4 Å². The summed E-state index contributed by atoms with van der Waals surface area (Å²) in [6.45, 7) is 3.32. The van der Waals surface area contributed by atoms with Crippen LogP contribution in [-0.4, -0.2) is 59.0 Å². The Hall–Kier alpha value is -2.66. The first kappa shape index (κ1) is 21.2. The number of hydrogen-bond acceptors (Lipinski definition) is 5. The summed E-state index contributed by atoms with van der Waals surface area (Å²) >= 11 is 0. The van der Waals surface area contributed by atoms with Crippen LogP contribution in [0.3, 0.4) is 0 Å². The van der Waals surface area contributed by atoms with Crippen molar-refractivity contribution in [3.05, 3.63) is 46.8 Å². The molecule has 172 valence electrons. The van der Waals surface area contributed by atoms with Gasteiger partial charge in [-0.05, 0) is 30.7 Å². The molecule has 1 saturated heterocycles. The van der Waals surface area contributed by atoms with Crippen LogP contribution >= 0.6 is 0 Å². The summed E-state index contributed by atoms with van der Waals surface area (Å²) in [5.41, 5.74) is -0.167. The van der Waals surface area contributed by atoms with E-state index in [1.807, 2.05) is 0 Å². The Kier molecular flexibility index (Phi) is 5.32. The fraction of sp³-hybridized carbons (Fsp3) is 0.524. The molecule has 0 spiro atoms. The van der Waals surface area contributed by atoms with Crippen LogP contribution in [-0.2, 0) is 24.0 Å². The Morgan fingerprint density at radius 3 is 2.78 bits per heavy atom. The van der Waals surface area contributed by atoms with Crippen molar-refractivity contribution in [2.45, 2.75) is 43.9 Å². The molecule has 0 saturated carbocycles. The molecule has 11 heteroatoms. The van der Waals surface area contributed by atoms with E-state index in [4.69, 9.17) is 9.47 Å². The topological polar surface area (TPSA) is 68.6 Å². The lowest BCUT2D eigenvalue weighted by molar-refractivity contribution is -0.137. The van der Waals surface area contributed by atoms with E-state index >= 15 is 4.39 Å². The first-order chi connectivity index (χ1) is 15.3. The number of carbonyl (C=O) groups excluding carboxylic acids is 1. The number of benzene rings is 1. The molecule has 3 atom stereocenters. The molecule has 2 aromatic rings. The van der Waals surface area contributed by atoms with Gasteiger partial charge in [-0.15, -0.1) is 0 Å². The number of ether oxygens (including phenoxy) is 2. The minimum absolute atomic E-state index is 0.0458. The number of amides is 1. The van der Waals surface area contributed by atoms with Gasteiger partial charge in [-0.1, -0.05) is 0 Å². The fourth-order valence-electron chi connectivity index (χ4n) is 4.43. The largest absolute Gasteiger partial charge is 0.491 e. The number of nitrogens with zero attached hydrogens (tertiary/aromatic N) is 3. The summed E-state index contributed by atoms with van der Waals surface area (Å²) in [6.07, 6.45) is -5.46. The zero-order valence-corrected chi connectivity index (χ0v) is 17.1. The molecule has 3 aliphatic rings. The van der Waals surface area contributed by atoms with Crippen LogP contribution in [0.4, 0.5) is 17.6 Å². The normalized spacial score (nSPS) is 25.7. The van der Waals surface area contributed by atoms with Crippen molar-refractivity contribution in [3.8, 4) is 5.75 Å². The van der Waals surface area contributed by atoms with Gasteiger partial charge in [0.15, 0.2) is 11.9 Å². The van der Waals surface area contributed by atoms with Crippen LogP contribution in [0.25, 0.3) is 0 Å². The molecule has 0 bridgehead atoms. The Labute approximate surface area is 181 Å². The zero-order chi connectivity index (χ0) is 22.5. The van der Waals surface area contributed by atoms with Gasteiger partial charge in [-0.2, -0.15) is 18.3 Å².